The van der Waals surface area contributed by atoms with Crippen LogP contribution in [0.1, 0.15) is 25.8 Å². The average Bonchev–Trinajstić information content (AvgIpc) is 2.55. The minimum atomic E-state index is -0.885. The Hall–Kier alpha value is -1.84. The molecule has 4 nitrogen and oxygen atoms in total. The minimum absolute atomic E-state index is 0.196. The monoisotopic (exact) mass is 233 g/mol. The molecule has 1 unspecified atom stereocenters. The maximum atomic E-state index is 11.1. The molecule has 2 rings (SSSR count). The number of aliphatic carboxylic acids is 1. The van der Waals surface area contributed by atoms with Crippen molar-refractivity contribution in [2.75, 3.05) is 0 Å². The second kappa shape index (κ2) is 3.87. The number of benzene rings is 1. The maximum Gasteiger partial charge on any atom is 0.329 e. The van der Waals surface area contributed by atoms with Crippen molar-refractivity contribution in [1.29, 1.82) is 0 Å². The van der Waals surface area contributed by atoms with Crippen LogP contribution in [0.2, 0.25) is 0 Å². The van der Waals surface area contributed by atoms with Gasteiger partial charge in [0.25, 0.3) is 0 Å². The fraction of sp³-hybridized carbons (Fsp3) is 0.385. The Morgan fingerprint density at radius 1 is 1.35 bits per heavy atom. The number of hydrogen-bond donors (Lipinski definition) is 2. The van der Waals surface area contributed by atoms with Gasteiger partial charge in [-0.1, -0.05) is 13.8 Å². The molecule has 1 aromatic carbocycles. The first-order valence-corrected chi connectivity index (χ1v) is 5.49. The van der Waals surface area contributed by atoms with Crippen LogP contribution in [-0.2, 0) is 4.79 Å². The van der Waals surface area contributed by atoms with Gasteiger partial charge in [0, 0.05) is 11.1 Å². The van der Waals surface area contributed by atoms with Crippen LogP contribution in [0.5, 0.6) is 5.75 Å². The topological polar surface area (TPSA) is 69.9 Å². The second-order valence-electron chi connectivity index (χ2n) is 5.03. The molecule has 1 atom stereocenters. The number of hydrogen-bond acceptors (Lipinski definition) is 3. The highest BCUT2D eigenvalue weighted by Gasteiger charge is 2.41. The SMILES string of the molecule is CC1(C)CC(c2ccc(O)cc2)=NC1C(=O)O. The van der Waals surface area contributed by atoms with Crippen LogP contribution in [0.25, 0.3) is 0 Å². The van der Waals surface area contributed by atoms with Gasteiger partial charge in [0.15, 0.2) is 6.04 Å². The standard InChI is InChI=1S/C13H15NO3/c1-13(2)7-10(14-11(13)12(16)17)8-3-5-9(15)6-4-8/h3-6,11,15H,7H2,1-2H3,(H,16,17). The number of nitrogens with zero attached hydrogens (tertiary/aromatic N) is 1. The van der Waals surface area contributed by atoms with E-state index >= 15 is 0 Å². The summed E-state index contributed by atoms with van der Waals surface area (Å²) >= 11 is 0. The molecule has 0 spiro atoms. The minimum Gasteiger partial charge on any atom is -0.508 e. The summed E-state index contributed by atoms with van der Waals surface area (Å²) in [6, 6.07) is 5.99. The molecule has 1 aromatic rings. The smallest absolute Gasteiger partial charge is 0.329 e. The Balaban J connectivity index is 2.33. The van der Waals surface area contributed by atoms with Crippen LogP contribution in [0.4, 0.5) is 0 Å². The highest BCUT2D eigenvalue weighted by Crippen LogP contribution is 2.36. The largest absolute Gasteiger partial charge is 0.508 e. The highest BCUT2D eigenvalue weighted by molar-refractivity contribution is 6.04. The Morgan fingerprint density at radius 3 is 2.41 bits per heavy atom. The van der Waals surface area contributed by atoms with Gasteiger partial charge < -0.3 is 10.2 Å². The Morgan fingerprint density at radius 2 is 1.94 bits per heavy atom. The second-order valence-corrected chi connectivity index (χ2v) is 5.03. The van der Waals surface area contributed by atoms with Crippen molar-refractivity contribution in [2.45, 2.75) is 26.3 Å². The maximum absolute atomic E-state index is 11.1. The Bertz CT molecular complexity index is 474. The predicted molar refractivity (Wildman–Crippen MR) is 64.5 cm³/mol. The fourth-order valence-electron chi connectivity index (χ4n) is 2.12. The molecule has 90 valence electrons. The van der Waals surface area contributed by atoms with Crippen LogP contribution in [0, 0.1) is 5.41 Å². The summed E-state index contributed by atoms with van der Waals surface area (Å²) in [5.74, 6) is -0.690. The third-order valence-electron chi connectivity index (χ3n) is 3.08. The van der Waals surface area contributed by atoms with E-state index in [9.17, 15) is 9.90 Å². The summed E-state index contributed by atoms with van der Waals surface area (Å²) in [6.07, 6.45) is 0.634. The van der Waals surface area contributed by atoms with Gasteiger partial charge in [0.1, 0.15) is 5.75 Å². The van der Waals surface area contributed by atoms with Gasteiger partial charge in [-0.05, 0) is 36.2 Å². The van der Waals surface area contributed by atoms with E-state index in [1.165, 1.54) is 0 Å². The number of carboxylic acid groups (broad SMARTS) is 1. The third kappa shape index (κ3) is 2.16. The normalized spacial score (nSPS) is 22.2. The van der Waals surface area contributed by atoms with Crippen LogP contribution >= 0.6 is 0 Å². The number of aromatic hydroxyl groups is 1. The quantitative estimate of drug-likeness (QED) is 0.821. The predicted octanol–water partition coefficient (Wildman–Crippen LogP) is 2.06. The molecule has 0 radical (unpaired) electrons. The lowest BCUT2D eigenvalue weighted by Crippen LogP contribution is -2.31. The van der Waals surface area contributed by atoms with Crippen LogP contribution in [0.15, 0.2) is 29.3 Å². The van der Waals surface area contributed by atoms with E-state index in [1.54, 1.807) is 24.3 Å². The molecular formula is C13H15NO3. The van der Waals surface area contributed by atoms with E-state index in [0.717, 1.165) is 11.3 Å². The summed E-state index contributed by atoms with van der Waals surface area (Å²) in [6.45, 7) is 3.81. The average molecular weight is 233 g/mol. The lowest BCUT2D eigenvalue weighted by molar-refractivity contribution is -0.140. The number of carbonyl (C=O) groups is 1. The molecule has 17 heavy (non-hydrogen) atoms. The molecule has 0 aliphatic carbocycles. The molecule has 0 aromatic heterocycles. The van der Waals surface area contributed by atoms with Crippen molar-refractivity contribution in [3.63, 3.8) is 0 Å². The first-order chi connectivity index (χ1) is 7.90. The van der Waals surface area contributed by atoms with Gasteiger partial charge in [-0.15, -0.1) is 0 Å². The summed E-state index contributed by atoms with van der Waals surface area (Å²) < 4.78 is 0. The Labute approximate surface area is 99.6 Å². The first kappa shape index (κ1) is 11.6. The van der Waals surface area contributed by atoms with E-state index in [4.69, 9.17) is 5.11 Å². The zero-order chi connectivity index (χ0) is 12.6. The summed E-state index contributed by atoms with van der Waals surface area (Å²) in [4.78, 5) is 15.4. The van der Waals surface area contributed by atoms with Crippen molar-refractivity contribution in [3.8, 4) is 5.75 Å². The molecule has 2 N–H and O–H groups in total. The van der Waals surface area contributed by atoms with Crippen molar-refractivity contribution in [1.82, 2.24) is 0 Å². The van der Waals surface area contributed by atoms with E-state index < -0.39 is 12.0 Å². The summed E-state index contributed by atoms with van der Waals surface area (Å²) in [5.41, 5.74) is 1.31. The lowest BCUT2D eigenvalue weighted by Gasteiger charge is -2.21. The lowest BCUT2D eigenvalue weighted by atomic mass is 9.82. The molecule has 0 bridgehead atoms. The van der Waals surface area contributed by atoms with Gasteiger partial charge in [-0.2, -0.15) is 0 Å². The van der Waals surface area contributed by atoms with Gasteiger partial charge in [0.05, 0.1) is 0 Å². The van der Waals surface area contributed by atoms with Gasteiger partial charge in [0.2, 0.25) is 0 Å². The molecule has 0 fully saturated rings. The van der Waals surface area contributed by atoms with E-state index in [2.05, 4.69) is 4.99 Å². The molecule has 0 saturated carbocycles. The van der Waals surface area contributed by atoms with Gasteiger partial charge in [-0.25, -0.2) is 4.79 Å². The number of aliphatic imine (C=N–C) groups is 1. The van der Waals surface area contributed by atoms with Crippen LogP contribution in [-0.4, -0.2) is 27.9 Å². The van der Waals surface area contributed by atoms with E-state index in [-0.39, 0.29) is 11.2 Å². The zero-order valence-electron chi connectivity index (χ0n) is 9.84. The molecule has 0 saturated heterocycles. The number of rotatable bonds is 2. The first-order valence-electron chi connectivity index (χ1n) is 5.49. The molecule has 1 heterocycles. The van der Waals surface area contributed by atoms with Crippen LogP contribution < -0.4 is 0 Å². The van der Waals surface area contributed by atoms with Crippen molar-refractivity contribution in [2.24, 2.45) is 10.4 Å². The summed E-state index contributed by atoms with van der Waals surface area (Å²) in [7, 11) is 0. The summed E-state index contributed by atoms with van der Waals surface area (Å²) in [5, 5.41) is 18.3. The molecular weight excluding hydrogens is 218 g/mol. The van der Waals surface area contributed by atoms with E-state index in [0.29, 0.717) is 6.42 Å². The molecule has 0 amide bonds. The third-order valence-corrected chi connectivity index (χ3v) is 3.08. The van der Waals surface area contributed by atoms with Gasteiger partial charge in [-0.3, -0.25) is 4.99 Å². The molecule has 1 aliphatic heterocycles. The fourth-order valence-corrected chi connectivity index (χ4v) is 2.12. The van der Waals surface area contributed by atoms with Crippen LogP contribution in [0.3, 0.4) is 0 Å². The van der Waals surface area contributed by atoms with Crippen molar-refractivity contribution >= 4 is 11.7 Å². The number of carboxylic acids is 1. The van der Waals surface area contributed by atoms with Crippen molar-refractivity contribution in [3.05, 3.63) is 29.8 Å². The number of phenols is 1. The van der Waals surface area contributed by atoms with E-state index in [1.807, 2.05) is 13.8 Å². The number of phenolic OH excluding ortho intramolecular Hbond substituents is 1. The Kier molecular flexibility index (Phi) is 2.65. The molecule has 1 aliphatic rings. The zero-order valence-corrected chi connectivity index (χ0v) is 9.84. The van der Waals surface area contributed by atoms with Crippen molar-refractivity contribution < 1.29 is 15.0 Å². The molecule has 4 heteroatoms. The van der Waals surface area contributed by atoms with Gasteiger partial charge >= 0.3 is 5.97 Å². The highest BCUT2D eigenvalue weighted by atomic mass is 16.4.